The fourth-order valence-electron chi connectivity index (χ4n) is 3.07. The Morgan fingerprint density at radius 1 is 1.33 bits per heavy atom. The zero-order valence-electron chi connectivity index (χ0n) is 15.2. The maximum absolute atomic E-state index is 14.3. The number of alkyl halides is 3. The summed E-state index contributed by atoms with van der Waals surface area (Å²) in [7, 11) is 0. The second-order valence-electron chi connectivity index (χ2n) is 7.52. The van der Waals surface area contributed by atoms with Gasteiger partial charge in [-0.25, -0.2) is 8.91 Å². The maximum atomic E-state index is 14.3. The number of carbonyl (C=O) groups is 1. The summed E-state index contributed by atoms with van der Waals surface area (Å²) in [6.07, 6.45) is -3.35. The van der Waals surface area contributed by atoms with Gasteiger partial charge in [0.1, 0.15) is 17.5 Å². The second-order valence-corrected chi connectivity index (χ2v) is 7.52. The number of pyridine rings is 1. The van der Waals surface area contributed by atoms with Crippen LogP contribution in [0.25, 0.3) is 5.65 Å². The molecule has 0 bridgehead atoms. The largest absolute Gasteiger partial charge is 0.460 e. The molecule has 1 atom stereocenters. The van der Waals surface area contributed by atoms with E-state index in [1.165, 1.54) is 6.07 Å². The third-order valence-electron chi connectivity index (χ3n) is 4.13. The molecule has 0 saturated carbocycles. The minimum absolute atomic E-state index is 0.0304. The van der Waals surface area contributed by atoms with Crippen LogP contribution in [0.3, 0.4) is 0 Å². The van der Waals surface area contributed by atoms with Crippen LogP contribution in [0, 0.1) is 5.82 Å². The fourth-order valence-corrected chi connectivity index (χ4v) is 3.07. The van der Waals surface area contributed by atoms with Crippen molar-refractivity contribution in [3.05, 3.63) is 23.6 Å². The van der Waals surface area contributed by atoms with Crippen LogP contribution in [0.2, 0.25) is 0 Å². The van der Waals surface area contributed by atoms with Crippen LogP contribution in [0.4, 0.5) is 23.5 Å². The molecule has 2 aromatic heterocycles. The summed E-state index contributed by atoms with van der Waals surface area (Å²) < 4.78 is 59.9. The summed E-state index contributed by atoms with van der Waals surface area (Å²) in [5.74, 6) is -1.43. The summed E-state index contributed by atoms with van der Waals surface area (Å²) in [4.78, 5) is 17.1. The number of aromatic nitrogens is 3. The Hall–Kier alpha value is -2.39. The molecule has 0 aromatic carbocycles. The molecular weight excluding hydrogens is 368 g/mol. The molecule has 27 heavy (non-hydrogen) atoms. The molecule has 0 unspecified atom stereocenters. The van der Waals surface area contributed by atoms with Crippen molar-refractivity contribution in [3.8, 4) is 0 Å². The smallest absolute Gasteiger partial charge is 0.408 e. The van der Waals surface area contributed by atoms with Gasteiger partial charge in [0.05, 0.1) is 12.6 Å². The highest BCUT2D eigenvalue weighted by molar-refractivity contribution is 5.73. The molecule has 10 heteroatoms. The zero-order valence-corrected chi connectivity index (χ0v) is 15.2. The molecule has 0 radical (unpaired) electrons. The van der Waals surface area contributed by atoms with E-state index >= 15 is 0 Å². The van der Waals surface area contributed by atoms with Crippen LogP contribution in [0.1, 0.15) is 39.2 Å². The molecule has 1 fully saturated rings. The second kappa shape index (κ2) is 6.65. The zero-order chi connectivity index (χ0) is 20.0. The minimum atomic E-state index is -4.39. The van der Waals surface area contributed by atoms with Gasteiger partial charge in [-0.15, -0.1) is 5.10 Å². The van der Waals surface area contributed by atoms with Crippen LogP contribution in [-0.4, -0.2) is 44.9 Å². The number of hydrogen-bond acceptors (Lipinski definition) is 5. The third-order valence-corrected chi connectivity index (χ3v) is 4.13. The molecule has 1 saturated heterocycles. The quantitative estimate of drug-likeness (QED) is 0.597. The molecule has 6 nitrogen and oxygen atoms in total. The molecular formula is C17H20F4N4O2. The topological polar surface area (TPSA) is 59.7 Å². The molecule has 0 spiro atoms. The van der Waals surface area contributed by atoms with E-state index in [2.05, 4.69) is 10.1 Å². The van der Waals surface area contributed by atoms with Gasteiger partial charge in [-0.3, -0.25) is 4.79 Å². The average Bonchev–Trinajstić information content (AvgIpc) is 3.10. The highest BCUT2D eigenvalue weighted by Gasteiger charge is 2.47. The van der Waals surface area contributed by atoms with Gasteiger partial charge < -0.3 is 9.64 Å². The van der Waals surface area contributed by atoms with E-state index in [0.29, 0.717) is 6.42 Å². The number of anilines is 1. The van der Waals surface area contributed by atoms with Crippen molar-refractivity contribution in [3.63, 3.8) is 0 Å². The lowest BCUT2D eigenvalue weighted by Gasteiger charge is -2.24. The number of fused-ring (bicyclic) bond motifs is 1. The van der Waals surface area contributed by atoms with E-state index in [1.807, 2.05) is 0 Å². The van der Waals surface area contributed by atoms with Crippen LogP contribution in [0.15, 0.2) is 12.3 Å². The maximum Gasteiger partial charge on any atom is 0.408 e. The van der Waals surface area contributed by atoms with Gasteiger partial charge in [-0.1, -0.05) is 0 Å². The van der Waals surface area contributed by atoms with E-state index in [9.17, 15) is 22.4 Å². The molecule has 0 N–H and O–H groups in total. The summed E-state index contributed by atoms with van der Waals surface area (Å²) in [5.41, 5.74) is -0.496. The Bertz CT molecular complexity index is 857. The summed E-state index contributed by atoms with van der Waals surface area (Å²) in [5, 5.41) is 3.97. The van der Waals surface area contributed by atoms with Crippen molar-refractivity contribution in [1.82, 2.24) is 14.6 Å². The molecule has 148 valence electrons. The van der Waals surface area contributed by atoms with E-state index in [1.54, 1.807) is 20.8 Å². The van der Waals surface area contributed by atoms with Gasteiger partial charge in [0.2, 0.25) is 5.95 Å². The Balaban J connectivity index is 1.87. The summed E-state index contributed by atoms with van der Waals surface area (Å²) in [6, 6.07) is -0.352. The monoisotopic (exact) mass is 388 g/mol. The fraction of sp³-hybridized carbons (Fsp3) is 0.588. The van der Waals surface area contributed by atoms with E-state index in [0.717, 1.165) is 15.6 Å². The van der Waals surface area contributed by atoms with Crippen molar-refractivity contribution in [1.29, 1.82) is 0 Å². The van der Waals surface area contributed by atoms with E-state index in [4.69, 9.17) is 4.74 Å². The number of esters is 1. The minimum Gasteiger partial charge on any atom is -0.460 e. The molecule has 3 rings (SSSR count). The van der Waals surface area contributed by atoms with Crippen LogP contribution in [-0.2, 0) is 16.0 Å². The van der Waals surface area contributed by atoms with Crippen molar-refractivity contribution in [2.45, 2.75) is 57.9 Å². The first-order valence-corrected chi connectivity index (χ1v) is 8.54. The molecule has 2 aromatic rings. The lowest BCUT2D eigenvalue weighted by Crippen LogP contribution is -2.41. The van der Waals surface area contributed by atoms with Crippen molar-refractivity contribution < 1.29 is 27.1 Å². The van der Waals surface area contributed by atoms with Gasteiger partial charge in [0.15, 0.2) is 5.65 Å². The highest BCUT2D eigenvalue weighted by atomic mass is 19.4. The lowest BCUT2D eigenvalue weighted by atomic mass is 10.1. The Kier molecular flexibility index (Phi) is 4.77. The first-order chi connectivity index (χ1) is 12.4. The van der Waals surface area contributed by atoms with E-state index < -0.39 is 29.6 Å². The van der Waals surface area contributed by atoms with E-state index in [-0.39, 0.29) is 36.5 Å². The molecule has 1 aliphatic heterocycles. The molecule has 0 amide bonds. The number of halogens is 4. The molecule has 3 heterocycles. The number of nitrogens with zero attached hydrogens (tertiary/aromatic N) is 4. The van der Waals surface area contributed by atoms with Crippen LogP contribution >= 0.6 is 0 Å². The van der Waals surface area contributed by atoms with Gasteiger partial charge in [0, 0.05) is 12.1 Å². The molecule has 0 aliphatic carbocycles. The standard InChI is InChI=1S/C17H20F4N4O2/c1-16(2,3)27-14(26)8-10-7-13-22-15(23-25(13)9-11(10)18)24-6-4-5-12(24)17(19,20)21/h7,9,12H,4-6,8H2,1-3H3/t12-/m1/s1. The lowest BCUT2D eigenvalue weighted by molar-refractivity contribution is -0.154. The van der Waals surface area contributed by atoms with Gasteiger partial charge in [-0.2, -0.15) is 18.2 Å². The van der Waals surface area contributed by atoms with Crippen LogP contribution < -0.4 is 4.90 Å². The van der Waals surface area contributed by atoms with Gasteiger partial charge in [-0.05, 0) is 39.7 Å². The number of carbonyl (C=O) groups excluding carboxylic acids is 1. The predicted octanol–water partition coefficient (Wildman–Crippen LogP) is 3.28. The average molecular weight is 388 g/mol. The molecule has 1 aliphatic rings. The van der Waals surface area contributed by atoms with Crippen LogP contribution in [0.5, 0.6) is 0 Å². The van der Waals surface area contributed by atoms with Gasteiger partial charge >= 0.3 is 12.1 Å². The normalized spacial score (nSPS) is 18.3. The Morgan fingerprint density at radius 2 is 2.04 bits per heavy atom. The van der Waals surface area contributed by atoms with Crippen molar-refractivity contribution in [2.75, 3.05) is 11.4 Å². The first-order valence-electron chi connectivity index (χ1n) is 8.54. The highest BCUT2D eigenvalue weighted by Crippen LogP contribution is 2.34. The third kappa shape index (κ3) is 4.30. The summed E-state index contributed by atoms with van der Waals surface area (Å²) in [6.45, 7) is 5.27. The number of rotatable bonds is 3. The SMILES string of the molecule is CC(C)(C)OC(=O)Cc1cc2nc(N3CCC[C@@H]3C(F)(F)F)nn2cc1F. The van der Waals surface area contributed by atoms with Crippen molar-refractivity contribution in [2.24, 2.45) is 0 Å². The first kappa shape index (κ1) is 19.4. The Labute approximate surface area is 153 Å². The van der Waals surface area contributed by atoms with Gasteiger partial charge in [0.25, 0.3) is 0 Å². The summed E-state index contributed by atoms with van der Waals surface area (Å²) >= 11 is 0. The predicted molar refractivity (Wildman–Crippen MR) is 88.9 cm³/mol. The number of hydrogen-bond donors (Lipinski definition) is 0. The Morgan fingerprint density at radius 3 is 2.67 bits per heavy atom. The number of ether oxygens (including phenoxy) is 1. The van der Waals surface area contributed by atoms with Crippen molar-refractivity contribution >= 4 is 17.6 Å².